The molecule has 2 rings (SSSR count). The van der Waals surface area contributed by atoms with Crippen LogP contribution in [-0.2, 0) is 14.3 Å². The van der Waals surface area contributed by atoms with Crippen molar-refractivity contribution in [2.24, 2.45) is 5.92 Å². The van der Waals surface area contributed by atoms with Gasteiger partial charge in [-0.2, -0.15) is 0 Å². The first-order valence-electron chi connectivity index (χ1n) is 9.20. The Morgan fingerprint density at radius 1 is 1.42 bits per heavy atom. The first kappa shape index (κ1) is 21.1. The molecule has 1 aliphatic rings. The summed E-state index contributed by atoms with van der Waals surface area (Å²) in [4.78, 5) is 14.1. The third-order valence-electron chi connectivity index (χ3n) is 4.81. The Kier molecular flexibility index (Phi) is 7.44. The number of halogens is 2. The molecule has 1 fully saturated rings. The molecule has 0 amide bonds. The van der Waals surface area contributed by atoms with E-state index in [1.54, 1.807) is 19.1 Å². The van der Waals surface area contributed by atoms with Crippen molar-refractivity contribution in [3.8, 4) is 0 Å². The molecule has 4 nitrogen and oxygen atoms in total. The van der Waals surface area contributed by atoms with Crippen molar-refractivity contribution in [2.75, 3.05) is 26.3 Å². The van der Waals surface area contributed by atoms with E-state index in [1.807, 2.05) is 0 Å². The first-order chi connectivity index (χ1) is 12.2. The lowest BCUT2D eigenvalue weighted by molar-refractivity contribution is -0.153. The number of nitrogens with zero attached hydrogens (tertiary/aromatic N) is 1. The van der Waals surface area contributed by atoms with E-state index in [2.05, 4.69) is 25.7 Å². The number of hydrogen-bond acceptors (Lipinski definition) is 4. The standard InChI is InChI=1S/C20H29ClFNO3/c1-5-25-17(24)13-26-19(15-9-6-10-16(21)18(15)22)14-8-7-11-23(12-14)20(2,3)4/h6,9-10,14,19H,5,7-8,11-13H2,1-4H3/t14-,19-/m1/s1. The Morgan fingerprint density at radius 2 is 2.15 bits per heavy atom. The molecule has 1 aliphatic heterocycles. The summed E-state index contributed by atoms with van der Waals surface area (Å²) in [6.45, 7) is 10.1. The molecule has 2 atom stereocenters. The monoisotopic (exact) mass is 385 g/mol. The molecule has 0 unspecified atom stereocenters. The summed E-state index contributed by atoms with van der Waals surface area (Å²) in [7, 11) is 0. The second-order valence-corrected chi connectivity index (χ2v) is 8.11. The zero-order valence-electron chi connectivity index (χ0n) is 16.1. The lowest BCUT2D eigenvalue weighted by Crippen LogP contribution is -2.48. The first-order valence-corrected chi connectivity index (χ1v) is 9.58. The molecule has 0 saturated carbocycles. The summed E-state index contributed by atoms with van der Waals surface area (Å²) in [5, 5.41) is 0.0655. The maximum Gasteiger partial charge on any atom is 0.332 e. The van der Waals surface area contributed by atoms with Crippen LogP contribution < -0.4 is 0 Å². The summed E-state index contributed by atoms with van der Waals surface area (Å²) in [5.74, 6) is -0.843. The Labute approximate surface area is 160 Å². The quantitative estimate of drug-likeness (QED) is 0.670. The van der Waals surface area contributed by atoms with Crippen LogP contribution in [0.2, 0.25) is 5.02 Å². The summed E-state index contributed by atoms with van der Waals surface area (Å²) < 4.78 is 25.5. The molecule has 1 aromatic carbocycles. The van der Waals surface area contributed by atoms with Gasteiger partial charge in [0.05, 0.1) is 17.7 Å². The van der Waals surface area contributed by atoms with Crippen molar-refractivity contribution in [1.29, 1.82) is 0 Å². The van der Waals surface area contributed by atoms with E-state index in [0.717, 1.165) is 25.9 Å². The number of piperidine rings is 1. The van der Waals surface area contributed by atoms with Crippen LogP contribution in [-0.4, -0.2) is 42.7 Å². The van der Waals surface area contributed by atoms with Crippen LogP contribution in [0.5, 0.6) is 0 Å². The van der Waals surface area contributed by atoms with Gasteiger partial charge >= 0.3 is 5.97 Å². The maximum absolute atomic E-state index is 14.7. The maximum atomic E-state index is 14.7. The molecular weight excluding hydrogens is 357 g/mol. The van der Waals surface area contributed by atoms with Crippen LogP contribution in [0.1, 0.15) is 52.2 Å². The van der Waals surface area contributed by atoms with E-state index in [1.165, 1.54) is 6.07 Å². The smallest absolute Gasteiger partial charge is 0.332 e. The van der Waals surface area contributed by atoms with Gasteiger partial charge in [0, 0.05) is 23.6 Å². The van der Waals surface area contributed by atoms with Crippen LogP contribution in [0.4, 0.5) is 4.39 Å². The average molecular weight is 386 g/mol. The van der Waals surface area contributed by atoms with Crippen molar-refractivity contribution in [1.82, 2.24) is 4.90 Å². The van der Waals surface area contributed by atoms with Crippen LogP contribution in [0.25, 0.3) is 0 Å². The van der Waals surface area contributed by atoms with E-state index >= 15 is 0 Å². The van der Waals surface area contributed by atoms with E-state index in [4.69, 9.17) is 21.1 Å². The molecule has 1 heterocycles. The Hall–Kier alpha value is -1.17. The van der Waals surface area contributed by atoms with Gasteiger partial charge in [0.15, 0.2) is 0 Å². The van der Waals surface area contributed by atoms with Crippen molar-refractivity contribution in [2.45, 2.75) is 52.2 Å². The lowest BCUT2D eigenvalue weighted by Gasteiger charge is -2.43. The van der Waals surface area contributed by atoms with Gasteiger partial charge < -0.3 is 9.47 Å². The van der Waals surface area contributed by atoms with E-state index in [9.17, 15) is 9.18 Å². The van der Waals surface area contributed by atoms with Gasteiger partial charge in [0.1, 0.15) is 12.4 Å². The zero-order chi connectivity index (χ0) is 19.3. The molecule has 26 heavy (non-hydrogen) atoms. The van der Waals surface area contributed by atoms with Gasteiger partial charge in [-0.25, -0.2) is 9.18 Å². The second-order valence-electron chi connectivity index (χ2n) is 7.70. The number of ether oxygens (including phenoxy) is 2. The highest BCUT2D eigenvalue weighted by Crippen LogP contribution is 2.37. The van der Waals surface area contributed by atoms with Gasteiger partial charge in [-0.3, -0.25) is 4.90 Å². The second kappa shape index (κ2) is 9.16. The predicted octanol–water partition coefficient (Wildman–Crippen LogP) is 4.61. The molecule has 0 aromatic heterocycles. The molecule has 0 N–H and O–H groups in total. The van der Waals surface area contributed by atoms with Crippen LogP contribution in [0, 0.1) is 11.7 Å². The van der Waals surface area contributed by atoms with Gasteiger partial charge in [0.25, 0.3) is 0 Å². The summed E-state index contributed by atoms with van der Waals surface area (Å²) in [6.07, 6.45) is 1.37. The molecule has 0 radical (unpaired) electrons. The highest BCUT2D eigenvalue weighted by Gasteiger charge is 2.35. The normalized spacial score (nSPS) is 20.0. The molecule has 6 heteroatoms. The molecule has 1 aromatic rings. The molecule has 1 saturated heterocycles. The topological polar surface area (TPSA) is 38.8 Å². The number of hydrogen-bond donors (Lipinski definition) is 0. The van der Waals surface area contributed by atoms with E-state index in [0.29, 0.717) is 12.2 Å². The van der Waals surface area contributed by atoms with Crippen LogP contribution in [0.3, 0.4) is 0 Å². The van der Waals surface area contributed by atoms with Crippen molar-refractivity contribution in [3.63, 3.8) is 0 Å². The fourth-order valence-electron chi connectivity index (χ4n) is 3.45. The van der Waals surface area contributed by atoms with Gasteiger partial charge in [0.2, 0.25) is 0 Å². The number of esters is 1. The largest absolute Gasteiger partial charge is 0.464 e. The summed E-state index contributed by atoms with van der Waals surface area (Å²) in [6, 6.07) is 4.92. The molecule has 0 spiro atoms. The number of carbonyl (C=O) groups excluding carboxylic acids is 1. The van der Waals surface area contributed by atoms with Gasteiger partial charge in [-0.1, -0.05) is 23.7 Å². The van der Waals surface area contributed by atoms with Crippen molar-refractivity contribution in [3.05, 3.63) is 34.6 Å². The van der Waals surface area contributed by atoms with Crippen LogP contribution >= 0.6 is 11.6 Å². The Morgan fingerprint density at radius 3 is 2.81 bits per heavy atom. The number of carbonyl (C=O) groups is 1. The zero-order valence-corrected chi connectivity index (χ0v) is 16.8. The summed E-state index contributed by atoms with van der Waals surface area (Å²) >= 11 is 5.98. The lowest BCUT2D eigenvalue weighted by atomic mass is 9.86. The predicted molar refractivity (Wildman–Crippen MR) is 101 cm³/mol. The molecule has 146 valence electrons. The number of benzene rings is 1. The van der Waals surface area contributed by atoms with Crippen molar-refractivity contribution < 1.29 is 18.7 Å². The Bertz CT molecular complexity index is 618. The molecule has 0 aliphatic carbocycles. The van der Waals surface area contributed by atoms with Gasteiger partial charge in [-0.15, -0.1) is 0 Å². The summed E-state index contributed by atoms with van der Waals surface area (Å²) in [5.41, 5.74) is 0.430. The van der Waals surface area contributed by atoms with E-state index in [-0.39, 0.29) is 23.1 Å². The SMILES string of the molecule is CCOC(=O)CO[C@@H](c1cccc(Cl)c1F)[C@@H]1CCCN(C(C)(C)C)C1. The minimum atomic E-state index is -0.539. The minimum Gasteiger partial charge on any atom is -0.464 e. The van der Waals surface area contributed by atoms with Crippen molar-refractivity contribution >= 4 is 17.6 Å². The average Bonchev–Trinajstić information content (AvgIpc) is 2.58. The fraction of sp³-hybridized carbons (Fsp3) is 0.650. The fourth-order valence-corrected chi connectivity index (χ4v) is 3.63. The highest BCUT2D eigenvalue weighted by atomic mass is 35.5. The van der Waals surface area contributed by atoms with E-state index < -0.39 is 17.9 Å². The number of likely N-dealkylation sites (tertiary alicyclic amines) is 1. The third kappa shape index (κ3) is 5.41. The minimum absolute atomic E-state index is 0.0250. The number of rotatable bonds is 6. The Balaban J connectivity index is 2.25. The molecular formula is C20H29ClFNO3. The molecule has 0 bridgehead atoms. The highest BCUT2D eigenvalue weighted by molar-refractivity contribution is 6.30. The van der Waals surface area contributed by atoms with Gasteiger partial charge in [-0.05, 0) is 53.1 Å². The van der Waals surface area contributed by atoms with Crippen LogP contribution in [0.15, 0.2) is 18.2 Å². The third-order valence-corrected chi connectivity index (χ3v) is 5.10.